The fourth-order valence-electron chi connectivity index (χ4n) is 1.95. The number of carbonyl (C=O) groups excluding carboxylic acids is 1. The minimum Gasteiger partial charge on any atom is -0.298 e. The molecule has 0 atom stereocenters. The number of carbonyl (C=O) groups is 1. The first-order chi connectivity index (χ1) is 8.65. The third-order valence-electron chi connectivity index (χ3n) is 2.83. The van der Waals surface area contributed by atoms with Gasteiger partial charge in [0, 0.05) is 23.9 Å². The SMILES string of the molecule is CCCn1cc(-c2ccc(Cl)c(C=O)c2)c(C)n1. The lowest BCUT2D eigenvalue weighted by atomic mass is 10.0. The van der Waals surface area contributed by atoms with Crippen LogP contribution in [0, 0.1) is 6.92 Å². The lowest BCUT2D eigenvalue weighted by Gasteiger charge is -2.02. The van der Waals surface area contributed by atoms with Crippen LogP contribution in [0.15, 0.2) is 24.4 Å². The summed E-state index contributed by atoms with van der Waals surface area (Å²) in [4.78, 5) is 10.9. The van der Waals surface area contributed by atoms with Crippen LogP contribution in [0.2, 0.25) is 5.02 Å². The first-order valence-corrected chi connectivity index (χ1v) is 6.32. The third kappa shape index (κ3) is 2.46. The number of hydrogen-bond donors (Lipinski definition) is 0. The van der Waals surface area contributed by atoms with Gasteiger partial charge in [-0.2, -0.15) is 5.10 Å². The van der Waals surface area contributed by atoms with Crippen LogP contribution in [0.25, 0.3) is 11.1 Å². The molecule has 0 unspecified atom stereocenters. The van der Waals surface area contributed by atoms with Crippen LogP contribution in [-0.2, 0) is 6.54 Å². The number of benzene rings is 1. The van der Waals surface area contributed by atoms with Crippen molar-refractivity contribution in [1.29, 1.82) is 0 Å². The van der Waals surface area contributed by atoms with Crippen LogP contribution < -0.4 is 0 Å². The number of aromatic nitrogens is 2. The Labute approximate surface area is 111 Å². The van der Waals surface area contributed by atoms with Gasteiger partial charge in [-0.3, -0.25) is 9.48 Å². The average Bonchev–Trinajstić information content (AvgIpc) is 2.71. The zero-order valence-corrected chi connectivity index (χ0v) is 11.2. The molecule has 0 aliphatic carbocycles. The minimum atomic E-state index is 0.479. The molecule has 3 nitrogen and oxygen atoms in total. The number of aryl methyl sites for hydroxylation is 2. The number of aldehydes is 1. The largest absolute Gasteiger partial charge is 0.298 e. The second-order valence-corrected chi connectivity index (χ2v) is 4.65. The fraction of sp³-hybridized carbons (Fsp3) is 0.286. The van der Waals surface area contributed by atoms with E-state index >= 15 is 0 Å². The molecule has 94 valence electrons. The van der Waals surface area contributed by atoms with E-state index in [-0.39, 0.29) is 0 Å². The Morgan fingerprint density at radius 1 is 1.44 bits per heavy atom. The predicted molar refractivity (Wildman–Crippen MR) is 73.1 cm³/mol. The van der Waals surface area contributed by atoms with Gasteiger partial charge in [0.15, 0.2) is 6.29 Å². The molecule has 0 fully saturated rings. The zero-order chi connectivity index (χ0) is 13.1. The Morgan fingerprint density at radius 3 is 2.89 bits per heavy atom. The van der Waals surface area contributed by atoms with Crippen molar-refractivity contribution >= 4 is 17.9 Å². The van der Waals surface area contributed by atoms with Gasteiger partial charge >= 0.3 is 0 Å². The molecule has 4 heteroatoms. The molecular formula is C14H15ClN2O. The van der Waals surface area contributed by atoms with E-state index in [2.05, 4.69) is 12.0 Å². The van der Waals surface area contributed by atoms with E-state index < -0.39 is 0 Å². The Bertz CT molecular complexity index is 575. The smallest absolute Gasteiger partial charge is 0.151 e. The lowest BCUT2D eigenvalue weighted by Crippen LogP contribution is -1.96. The summed E-state index contributed by atoms with van der Waals surface area (Å²) in [5.74, 6) is 0. The molecule has 0 amide bonds. The molecule has 0 radical (unpaired) electrons. The van der Waals surface area contributed by atoms with Gasteiger partial charge in [-0.25, -0.2) is 0 Å². The van der Waals surface area contributed by atoms with Crippen molar-refractivity contribution in [2.45, 2.75) is 26.8 Å². The predicted octanol–water partition coefficient (Wildman–Crippen LogP) is 3.73. The maximum Gasteiger partial charge on any atom is 0.151 e. The maximum absolute atomic E-state index is 10.9. The molecular weight excluding hydrogens is 248 g/mol. The monoisotopic (exact) mass is 262 g/mol. The average molecular weight is 263 g/mol. The number of halogens is 1. The third-order valence-corrected chi connectivity index (χ3v) is 3.18. The summed E-state index contributed by atoms with van der Waals surface area (Å²) in [5, 5.41) is 4.93. The van der Waals surface area contributed by atoms with Crippen molar-refractivity contribution < 1.29 is 4.79 Å². The highest BCUT2D eigenvalue weighted by molar-refractivity contribution is 6.33. The maximum atomic E-state index is 10.9. The molecule has 0 spiro atoms. The van der Waals surface area contributed by atoms with E-state index in [0.717, 1.165) is 36.1 Å². The van der Waals surface area contributed by atoms with Gasteiger partial charge in [0.1, 0.15) is 0 Å². The standard InChI is InChI=1S/C14H15ClN2O/c1-3-6-17-8-13(10(2)16-17)11-4-5-14(15)12(7-11)9-18/h4-5,7-9H,3,6H2,1-2H3. The molecule has 2 rings (SSSR count). The fourth-order valence-corrected chi connectivity index (χ4v) is 2.11. The van der Waals surface area contributed by atoms with Crippen LogP contribution in [0.1, 0.15) is 29.4 Å². The van der Waals surface area contributed by atoms with Gasteiger partial charge in [-0.15, -0.1) is 0 Å². The number of rotatable bonds is 4. The normalized spacial score (nSPS) is 10.6. The van der Waals surface area contributed by atoms with E-state index in [1.807, 2.05) is 23.9 Å². The van der Waals surface area contributed by atoms with Crippen LogP contribution in [0.3, 0.4) is 0 Å². The summed E-state index contributed by atoms with van der Waals surface area (Å²) in [7, 11) is 0. The molecule has 0 aliphatic heterocycles. The van der Waals surface area contributed by atoms with E-state index in [1.54, 1.807) is 12.1 Å². The Hall–Kier alpha value is -1.61. The van der Waals surface area contributed by atoms with Crippen molar-refractivity contribution in [2.75, 3.05) is 0 Å². The summed E-state index contributed by atoms with van der Waals surface area (Å²) in [6.07, 6.45) is 3.83. The lowest BCUT2D eigenvalue weighted by molar-refractivity contribution is 0.112. The molecule has 1 heterocycles. The molecule has 0 aliphatic rings. The zero-order valence-electron chi connectivity index (χ0n) is 10.5. The van der Waals surface area contributed by atoms with Crippen LogP contribution in [0.5, 0.6) is 0 Å². The van der Waals surface area contributed by atoms with Crippen molar-refractivity contribution in [3.63, 3.8) is 0 Å². The van der Waals surface area contributed by atoms with Crippen LogP contribution in [-0.4, -0.2) is 16.1 Å². The highest BCUT2D eigenvalue weighted by atomic mass is 35.5. The number of hydrogen-bond acceptors (Lipinski definition) is 2. The molecule has 2 aromatic rings. The second kappa shape index (κ2) is 5.36. The van der Waals surface area contributed by atoms with Gasteiger partial charge < -0.3 is 0 Å². The van der Waals surface area contributed by atoms with Crippen molar-refractivity contribution in [2.24, 2.45) is 0 Å². The van der Waals surface area contributed by atoms with Gasteiger partial charge in [-0.1, -0.05) is 24.6 Å². The Kier molecular flexibility index (Phi) is 3.82. The van der Waals surface area contributed by atoms with Gasteiger partial charge in [0.2, 0.25) is 0 Å². The first kappa shape index (κ1) is 12.8. The molecule has 0 bridgehead atoms. The summed E-state index contributed by atoms with van der Waals surface area (Å²) >= 11 is 5.93. The quantitative estimate of drug-likeness (QED) is 0.787. The van der Waals surface area contributed by atoms with Crippen molar-refractivity contribution in [1.82, 2.24) is 9.78 Å². The Balaban J connectivity index is 2.44. The molecule has 1 aromatic heterocycles. The summed E-state index contributed by atoms with van der Waals surface area (Å²) in [6.45, 7) is 4.98. The first-order valence-electron chi connectivity index (χ1n) is 5.95. The van der Waals surface area contributed by atoms with Gasteiger partial charge in [-0.05, 0) is 31.0 Å². The van der Waals surface area contributed by atoms with Crippen molar-refractivity contribution in [3.05, 3.63) is 40.7 Å². The van der Waals surface area contributed by atoms with Crippen LogP contribution >= 0.6 is 11.6 Å². The number of nitrogens with zero attached hydrogens (tertiary/aromatic N) is 2. The summed E-state index contributed by atoms with van der Waals surface area (Å²) < 4.78 is 1.93. The molecule has 18 heavy (non-hydrogen) atoms. The molecule has 0 saturated heterocycles. The van der Waals surface area contributed by atoms with E-state index in [0.29, 0.717) is 10.6 Å². The second-order valence-electron chi connectivity index (χ2n) is 4.25. The minimum absolute atomic E-state index is 0.479. The van der Waals surface area contributed by atoms with E-state index in [1.165, 1.54) is 0 Å². The van der Waals surface area contributed by atoms with Gasteiger partial charge in [0.25, 0.3) is 0 Å². The molecule has 0 N–H and O–H groups in total. The summed E-state index contributed by atoms with van der Waals surface area (Å²) in [6, 6.07) is 5.46. The van der Waals surface area contributed by atoms with Crippen molar-refractivity contribution in [3.8, 4) is 11.1 Å². The van der Waals surface area contributed by atoms with E-state index in [4.69, 9.17) is 11.6 Å². The molecule has 1 aromatic carbocycles. The summed E-state index contributed by atoms with van der Waals surface area (Å²) in [5.41, 5.74) is 3.49. The topological polar surface area (TPSA) is 34.9 Å². The highest BCUT2D eigenvalue weighted by Gasteiger charge is 2.09. The van der Waals surface area contributed by atoms with Crippen LogP contribution in [0.4, 0.5) is 0 Å². The van der Waals surface area contributed by atoms with Gasteiger partial charge in [0.05, 0.1) is 10.7 Å². The highest BCUT2D eigenvalue weighted by Crippen LogP contribution is 2.26. The Morgan fingerprint density at radius 2 is 2.22 bits per heavy atom. The molecule has 0 saturated carbocycles. The van der Waals surface area contributed by atoms with E-state index in [9.17, 15) is 4.79 Å².